The Morgan fingerprint density at radius 2 is 0.901 bits per heavy atom. The molecule has 10 atom stereocenters. The van der Waals surface area contributed by atoms with Crippen molar-refractivity contribution in [2.45, 2.75) is 137 Å². The van der Waals surface area contributed by atoms with Gasteiger partial charge in [0.15, 0.2) is 72.2 Å². The van der Waals surface area contributed by atoms with Crippen LogP contribution in [0.1, 0.15) is 80.4 Å². The van der Waals surface area contributed by atoms with Crippen molar-refractivity contribution in [3.63, 3.8) is 0 Å². The molecule has 2 aliphatic rings. The molecule has 71 heavy (non-hydrogen) atoms. The van der Waals surface area contributed by atoms with E-state index in [4.69, 9.17) is 66.3 Å². The minimum atomic E-state index is -1.73. The van der Waals surface area contributed by atoms with Crippen LogP contribution in [0.3, 0.4) is 0 Å². The summed E-state index contributed by atoms with van der Waals surface area (Å²) in [5, 5.41) is 0. The summed E-state index contributed by atoms with van der Waals surface area (Å²) in [5.41, 5.74) is 0.731. The monoisotopic (exact) mass is 1000 g/mol. The van der Waals surface area contributed by atoms with Crippen LogP contribution in [-0.2, 0) is 102 Å². The third kappa shape index (κ3) is 17.6. The maximum atomic E-state index is 13.8. The fraction of sp³-hybridized carbons (Fsp3) is 0.489. The lowest BCUT2D eigenvalue weighted by atomic mass is 9.97. The van der Waals surface area contributed by atoms with Gasteiger partial charge in [-0.15, -0.1) is 0 Å². The van der Waals surface area contributed by atoms with Crippen molar-refractivity contribution in [1.82, 2.24) is 0 Å². The molecule has 0 amide bonds. The smallest absolute Gasteiger partial charge is 0.331 e. The zero-order valence-corrected chi connectivity index (χ0v) is 40.3. The van der Waals surface area contributed by atoms with E-state index in [1.165, 1.54) is 43.3 Å². The lowest BCUT2D eigenvalue weighted by Gasteiger charge is -2.46. The first-order chi connectivity index (χ1) is 33.4. The number of hydrogen-bond acceptors (Lipinski definition) is 24. The lowest BCUT2D eigenvalue weighted by Crippen LogP contribution is -2.64. The molecule has 2 aromatic rings. The number of ether oxygens (including phenoxy) is 14. The molecular formula is C47H54O24. The zero-order chi connectivity index (χ0) is 52.7. The summed E-state index contributed by atoms with van der Waals surface area (Å²) in [7, 11) is 0. The minimum absolute atomic E-state index is 0.0392. The molecule has 2 aliphatic heterocycles. The van der Waals surface area contributed by atoms with Crippen LogP contribution in [0.2, 0.25) is 0 Å². The number of hydrogen-bond donors (Lipinski definition) is 0. The summed E-state index contributed by atoms with van der Waals surface area (Å²) in [6, 6.07) is 8.37. The third-order valence-corrected chi connectivity index (χ3v) is 9.58. The fourth-order valence-corrected chi connectivity index (χ4v) is 7.14. The standard InChI is InChI=1S/C47H54O24/c1-22-40(65-27(6)52)42(66-28(7)53)44(68-30(9)55)47(60-22)59-21-38-41(71-39(57)16-13-32-11-14-34(61-23(2)48)36(19-32)63-25(4)50)43(67-29(8)54)45(69-31(10)56)46(70-38)58-18-17-33-12-15-35(62-24(3)49)37(20-33)64-26(5)51/h11-16,19-20,22,38,40-47H,17-18,21H2,1-10H3/b16-13+/t22-,38+,40-,41+,42+,43-,44+,45+,46+,47+/m0/s1. The SMILES string of the molecule is CC(=O)Oc1ccc(/C=C/C(=O)O[C@H]2[C@H](OC(C)=O)[C@@H](OC(C)=O)[C@H](OCCc3ccc(OC(C)=O)c(OC(C)=O)c3)O[C@@H]2CO[C@@H]2O[C@@H](C)[C@H](OC(C)=O)[C@@H](OC(C)=O)[C@H]2OC(C)=O)cc1OC(C)=O. The molecule has 24 heteroatoms. The average molecular weight is 1000 g/mol. The number of esters is 10. The van der Waals surface area contributed by atoms with E-state index in [0.717, 1.165) is 68.4 Å². The average Bonchev–Trinajstić information content (AvgIpc) is 3.24. The Balaban J connectivity index is 1.75. The van der Waals surface area contributed by atoms with E-state index >= 15 is 0 Å². The summed E-state index contributed by atoms with van der Waals surface area (Å²) >= 11 is 0. The van der Waals surface area contributed by atoms with Crippen LogP contribution in [0.25, 0.3) is 6.08 Å². The van der Waals surface area contributed by atoms with Crippen molar-refractivity contribution < 1.29 is 114 Å². The maximum Gasteiger partial charge on any atom is 0.331 e. The van der Waals surface area contributed by atoms with Gasteiger partial charge < -0.3 is 66.3 Å². The first kappa shape index (κ1) is 56.3. The van der Waals surface area contributed by atoms with Gasteiger partial charge in [-0.1, -0.05) is 12.1 Å². The van der Waals surface area contributed by atoms with E-state index in [-0.39, 0.29) is 41.6 Å². The van der Waals surface area contributed by atoms with Crippen LogP contribution in [0.5, 0.6) is 23.0 Å². The van der Waals surface area contributed by atoms with E-state index in [1.807, 2.05) is 0 Å². The van der Waals surface area contributed by atoms with Crippen LogP contribution in [-0.4, -0.2) is 134 Å². The largest absolute Gasteiger partial charge is 0.456 e. The minimum Gasteiger partial charge on any atom is -0.456 e. The maximum absolute atomic E-state index is 13.8. The van der Waals surface area contributed by atoms with Crippen LogP contribution < -0.4 is 18.9 Å². The van der Waals surface area contributed by atoms with Crippen molar-refractivity contribution in [2.24, 2.45) is 0 Å². The van der Waals surface area contributed by atoms with Gasteiger partial charge in [-0.05, 0) is 54.8 Å². The predicted molar refractivity (Wildman–Crippen MR) is 233 cm³/mol. The van der Waals surface area contributed by atoms with Gasteiger partial charge in [0.05, 0.1) is 19.3 Å². The molecule has 0 aromatic heterocycles. The van der Waals surface area contributed by atoms with Crippen LogP contribution >= 0.6 is 0 Å². The molecule has 2 fully saturated rings. The molecule has 0 aliphatic carbocycles. The Hall–Kier alpha value is -7.28. The van der Waals surface area contributed by atoms with Gasteiger partial charge >= 0.3 is 59.7 Å². The van der Waals surface area contributed by atoms with Gasteiger partial charge in [0.2, 0.25) is 0 Å². The van der Waals surface area contributed by atoms with Crippen molar-refractivity contribution in [3.8, 4) is 23.0 Å². The Morgan fingerprint density at radius 3 is 1.41 bits per heavy atom. The molecule has 0 unspecified atom stereocenters. The highest BCUT2D eigenvalue weighted by atomic mass is 16.8. The Morgan fingerprint density at radius 1 is 0.465 bits per heavy atom. The van der Waals surface area contributed by atoms with Gasteiger partial charge in [0.1, 0.15) is 6.10 Å². The zero-order valence-electron chi connectivity index (χ0n) is 40.3. The van der Waals surface area contributed by atoms with Gasteiger partial charge in [-0.2, -0.15) is 0 Å². The second-order valence-corrected chi connectivity index (χ2v) is 15.7. The lowest BCUT2D eigenvalue weighted by molar-refractivity contribution is -0.331. The molecule has 0 saturated carbocycles. The summed E-state index contributed by atoms with van der Waals surface area (Å²) in [5.74, 6) is -8.68. The molecule has 0 radical (unpaired) electrons. The van der Waals surface area contributed by atoms with E-state index in [2.05, 4.69) is 0 Å². The fourth-order valence-electron chi connectivity index (χ4n) is 7.14. The van der Waals surface area contributed by atoms with Gasteiger partial charge in [0, 0.05) is 68.4 Å². The predicted octanol–water partition coefficient (Wildman–Crippen LogP) is 2.72. The molecule has 2 heterocycles. The molecule has 4 rings (SSSR count). The van der Waals surface area contributed by atoms with E-state index in [9.17, 15) is 47.9 Å². The highest BCUT2D eigenvalue weighted by molar-refractivity contribution is 5.87. The highest BCUT2D eigenvalue weighted by Crippen LogP contribution is 2.35. The highest BCUT2D eigenvalue weighted by Gasteiger charge is 2.55. The van der Waals surface area contributed by atoms with Crippen LogP contribution in [0, 0.1) is 0 Å². The van der Waals surface area contributed by atoms with Gasteiger partial charge in [0.25, 0.3) is 0 Å². The van der Waals surface area contributed by atoms with Crippen molar-refractivity contribution in [3.05, 3.63) is 53.6 Å². The summed E-state index contributed by atoms with van der Waals surface area (Å²) in [6.07, 6.45) is -13.1. The summed E-state index contributed by atoms with van der Waals surface area (Å²) in [6.45, 7) is 10.4. The molecule has 2 aromatic carbocycles. The first-order valence-electron chi connectivity index (χ1n) is 21.7. The number of benzene rings is 2. The Bertz CT molecular complexity index is 2360. The number of carbonyl (C=O) groups excluding carboxylic acids is 10. The molecular weight excluding hydrogens is 948 g/mol. The normalized spacial score (nSPS) is 23.7. The number of carbonyl (C=O) groups is 10. The molecule has 24 nitrogen and oxygen atoms in total. The Labute approximate surface area is 406 Å². The molecule has 386 valence electrons. The summed E-state index contributed by atoms with van der Waals surface area (Å²) in [4.78, 5) is 123. The molecule has 0 N–H and O–H groups in total. The third-order valence-electron chi connectivity index (χ3n) is 9.58. The van der Waals surface area contributed by atoms with Crippen LogP contribution in [0.4, 0.5) is 0 Å². The second kappa shape index (κ2) is 26.1. The summed E-state index contributed by atoms with van der Waals surface area (Å²) < 4.78 is 78.7. The van der Waals surface area contributed by atoms with Gasteiger partial charge in [-0.3, -0.25) is 43.2 Å². The number of rotatable bonds is 19. The van der Waals surface area contributed by atoms with E-state index < -0.39 is 128 Å². The van der Waals surface area contributed by atoms with Crippen molar-refractivity contribution >= 4 is 65.8 Å². The first-order valence-corrected chi connectivity index (χ1v) is 21.7. The Kier molecular flexibility index (Phi) is 20.7. The van der Waals surface area contributed by atoms with E-state index in [1.54, 1.807) is 6.07 Å². The molecule has 0 spiro atoms. The van der Waals surface area contributed by atoms with Crippen molar-refractivity contribution in [1.29, 1.82) is 0 Å². The molecule has 2 saturated heterocycles. The van der Waals surface area contributed by atoms with E-state index in [0.29, 0.717) is 5.56 Å². The van der Waals surface area contributed by atoms with Crippen LogP contribution in [0.15, 0.2) is 42.5 Å². The quantitative estimate of drug-likeness (QED) is 0.0845. The van der Waals surface area contributed by atoms with Crippen molar-refractivity contribution in [2.75, 3.05) is 13.2 Å². The second-order valence-electron chi connectivity index (χ2n) is 15.7. The van der Waals surface area contributed by atoms with Gasteiger partial charge in [-0.25, -0.2) is 4.79 Å². The molecule has 0 bridgehead atoms. The topological polar surface area (TPSA) is 300 Å².